The van der Waals surface area contributed by atoms with Crippen molar-refractivity contribution in [2.75, 3.05) is 85.6 Å². The number of hydrogen-bond acceptors (Lipinski definition) is 15. The Labute approximate surface area is 417 Å². The van der Waals surface area contributed by atoms with E-state index in [-0.39, 0.29) is 22.2 Å². The van der Waals surface area contributed by atoms with Crippen LogP contribution in [0.2, 0.25) is 0 Å². The van der Waals surface area contributed by atoms with Crippen LogP contribution in [0.3, 0.4) is 0 Å². The van der Waals surface area contributed by atoms with Gasteiger partial charge in [0.15, 0.2) is 5.16 Å². The van der Waals surface area contributed by atoms with Gasteiger partial charge in [0.1, 0.15) is 23.1 Å². The van der Waals surface area contributed by atoms with Gasteiger partial charge in [-0.25, -0.2) is 27.2 Å². The molecule has 8 aromatic rings. The maximum atomic E-state index is 14.4. The van der Waals surface area contributed by atoms with Gasteiger partial charge < -0.3 is 39.4 Å². The molecule has 0 aliphatic carbocycles. The third-order valence-corrected chi connectivity index (χ3v) is 12.9. The molecule has 2 amide bonds. The number of rotatable bonds is 12. The lowest BCUT2D eigenvalue weighted by Crippen LogP contribution is -2.36. The Hall–Kier alpha value is -7.78. The Kier molecular flexibility index (Phi) is 15.1. The van der Waals surface area contributed by atoms with Crippen molar-refractivity contribution in [2.24, 2.45) is 0 Å². The molecule has 0 radical (unpaired) electrons. The van der Waals surface area contributed by atoms with Crippen LogP contribution in [0.5, 0.6) is 23.3 Å². The van der Waals surface area contributed by atoms with Gasteiger partial charge in [0.2, 0.25) is 26.8 Å². The van der Waals surface area contributed by atoms with Crippen LogP contribution in [0.25, 0.3) is 21.5 Å². The number of halogens is 2. The number of ether oxygens (including phenoxy) is 4. The third kappa shape index (κ3) is 11.9. The van der Waals surface area contributed by atoms with Gasteiger partial charge in [-0.2, -0.15) is 9.97 Å². The van der Waals surface area contributed by atoms with E-state index in [1.54, 1.807) is 54.7 Å². The number of sulfone groups is 1. The zero-order chi connectivity index (χ0) is 50.2. The molecule has 0 spiro atoms. The number of amides is 2. The number of morpholine rings is 2. The summed E-state index contributed by atoms with van der Waals surface area (Å²) in [5, 5.41) is 9.01. The number of carbonyl (C=O) groups excluding carboxylic acids is 2. The molecule has 0 saturated carbocycles. The van der Waals surface area contributed by atoms with Gasteiger partial charge in [0, 0.05) is 112 Å². The minimum atomic E-state index is -3.61. The Morgan fingerprint density at radius 3 is 1.50 bits per heavy atom. The molecule has 0 unspecified atom stereocenters. The fourth-order valence-electron chi connectivity index (χ4n) is 8.01. The summed E-state index contributed by atoms with van der Waals surface area (Å²) < 4.78 is 75.0. The number of nitrogens with one attached hydrogen (secondary N) is 2. The lowest BCUT2D eigenvalue weighted by Gasteiger charge is -2.29. The number of carbonyl (C=O) groups is 2. The number of nitrogens with zero attached hydrogens (tertiary/aromatic N) is 6. The Bertz CT molecular complexity index is 3420. The molecule has 2 fully saturated rings. The number of anilines is 4. The van der Waals surface area contributed by atoms with Crippen molar-refractivity contribution in [1.82, 2.24) is 19.9 Å². The first-order valence-corrected chi connectivity index (χ1v) is 25.7. The molecule has 20 heteroatoms. The largest absolute Gasteiger partial charge is 0.438 e. The van der Waals surface area contributed by atoms with Gasteiger partial charge in [0.05, 0.1) is 26.4 Å². The minimum absolute atomic E-state index is 0.0627. The molecule has 10 rings (SSSR count). The summed E-state index contributed by atoms with van der Waals surface area (Å²) in [4.78, 5) is 46.5. The van der Waals surface area contributed by atoms with E-state index in [0.717, 1.165) is 17.0 Å². The lowest BCUT2D eigenvalue weighted by molar-refractivity contribution is 0.101. The average molecular weight is 1010 g/mol. The maximum absolute atomic E-state index is 14.4. The highest BCUT2D eigenvalue weighted by molar-refractivity contribution is 7.98. The summed E-state index contributed by atoms with van der Waals surface area (Å²) in [6.07, 6.45) is 5.87. The van der Waals surface area contributed by atoms with Crippen LogP contribution in [0.1, 0.15) is 20.7 Å². The molecule has 4 heterocycles. The number of hydrogen-bond donors (Lipinski definition) is 2. The standard InChI is InChI=1S/C26H23FN4O5S.C26H23FN4O3S/c1-37(33,34)26-28-9-8-24(30-26)36-23-7-6-22(20-4-2-3-5-21(20)23)29-25(32)17-14-18(27)16-19(15-17)31-10-12-35-13-11-31;1-35-26-28-9-8-24(30-26)34-23-7-6-22(20-4-2-3-5-21(20)23)29-25(32)17-14-18(27)16-19(15-17)31-10-12-33-13-11-31/h2-9,14-16H,10-13H2,1H3,(H,29,32);2-9,14-16H,10-13H2,1H3,(H,29,32). The van der Waals surface area contributed by atoms with Gasteiger partial charge in [-0.1, -0.05) is 60.3 Å². The predicted octanol–water partition coefficient (Wildman–Crippen LogP) is 9.43. The highest BCUT2D eigenvalue weighted by Gasteiger charge is 2.20. The van der Waals surface area contributed by atoms with Gasteiger partial charge in [-0.3, -0.25) is 9.59 Å². The second-order valence-corrected chi connectivity index (χ2v) is 19.0. The SMILES string of the molecule is CS(=O)(=O)c1nccc(Oc2ccc(NC(=O)c3cc(F)cc(N4CCOCC4)c3)c3ccccc23)n1.CSc1nccc(Oc2ccc(NC(=O)c3cc(F)cc(N4CCOCC4)c3)c3ccccc23)n1. The molecule has 2 N–H and O–H groups in total. The Morgan fingerprint density at radius 2 is 1.04 bits per heavy atom. The van der Waals surface area contributed by atoms with Crippen molar-refractivity contribution in [3.05, 3.63) is 156 Å². The number of benzene rings is 6. The number of aromatic nitrogens is 4. The van der Waals surface area contributed by atoms with E-state index in [2.05, 4.69) is 30.6 Å². The number of fused-ring (bicyclic) bond motifs is 2. The molecular weight excluding hydrogens is 967 g/mol. The number of thioether (sulfide) groups is 1. The smallest absolute Gasteiger partial charge is 0.255 e. The van der Waals surface area contributed by atoms with Crippen LogP contribution in [0.4, 0.5) is 31.5 Å². The topological polar surface area (TPSA) is 187 Å². The quantitative estimate of drug-likeness (QED) is 0.0870. The van der Waals surface area contributed by atoms with Gasteiger partial charge in [-0.05, 0) is 66.9 Å². The maximum Gasteiger partial charge on any atom is 0.255 e. The van der Waals surface area contributed by atoms with Crippen LogP contribution in [-0.4, -0.2) is 105 Å². The zero-order valence-electron chi connectivity index (χ0n) is 38.9. The van der Waals surface area contributed by atoms with E-state index >= 15 is 0 Å². The van der Waals surface area contributed by atoms with Crippen LogP contribution < -0.4 is 29.9 Å². The highest BCUT2D eigenvalue weighted by atomic mass is 32.2. The van der Waals surface area contributed by atoms with Crippen LogP contribution >= 0.6 is 11.8 Å². The van der Waals surface area contributed by atoms with Crippen molar-refractivity contribution in [3.8, 4) is 23.3 Å². The van der Waals surface area contributed by atoms with Crippen LogP contribution in [-0.2, 0) is 19.3 Å². The third-order valence-electron chi connectivity index (χ3n) is 11.5. The molecule has 6 aromatic carbocycles. The van der Waals surface area contributed by atoms with Crippen molar-refractivity contribution in [2.45, 2.75) is 10.3 Å². The molecule has 2 saturated heterocycles. The van der Waals surface area contributed by atoms with Crippen molar-refractivity contribution < 1.29 is 45.7 Å². The Morgan fingerprint density at radius 1 is 0.597 bits per heavy atom. The summed E-state index contributed by atoms with van der Waals surface area (Å²) in [5.74, 6) is -0.297. The summed E-state index contributed by atoms with van der Waals surface area (Å²) in [7, 11) is -3.61. The van der Waals surface area contributed by atoms with Crippen molar-refractivity contribution in [3.63, 3.8) is 0 Å². The summed E-state index contributed by atoms with van der Waals surface area (Å²) in [5.41, 5.74) is 2.84. The van der Waals surface area contributed by atoms with E-state index in [0.29, 0.717) is 109 Å². The first-order valence-electron chi connectivity index (χ1n) is 22.6. The highest BCUT2D eigenvalue weighted by Crippen LogP contribution is 2.36. The molecule has 2 aliphatic heterocycles. The van der Waals surface area contributed by atoms with Gasteiger partial charge >= 0.3 is 0 Å². The lowest BCUT2D eigenvalue weighted by atomic mass is 10.1. The summed E-state index contributed by atoms with van der Waals surface area (Å²) in [6.45, 7) is 4.79. The molecule has 2 aliphatic rings. The summed E-state index contributed by atoms with van der Waals surface area (Å²) in [6, 6.07) is 33.5. The van der Waals surface area contributed by atoms with Crippen LogP contribution in [0.15, 0.2) is 144 Å². The Balaban J connectivity index is 0.000000178. The fourth-order valence-corrected chi connectivity index (χ4v) is 8.87. The first-order chi connectivity index (χ1) is 34.9. The minimum Gasteiger partial charge on any atom is -0.438 e. The monoisotopic (exact) mass is 1010 g/mol. The van der Waals surface area contributed by atoms with Gasteiger partial charge in [0.25, 0.3) is 11.8 Å². The molecule has 72 heavy (non-hydrogen) atoms. The second kappa shape index (κ2) is 22.1. The first kappa shape index (κ1) is 49.2. The fraction of sp³-hybridized carbons (Fsp3) is 0.192. The molecule has 2 aromatic heterocycles. The van der Waals surface area contributed by atoms with E-state index in [4.69, 9.17) is 18.9 Å². The van der Waals surface area contributed by atoms with Gasteiger partial charge in [-0.15, -0.1) is 0 Å². The van der Waals surface area contributed by atoms with E-state index in [1.807, 2.05) is 58.5 Å². The molecule has 368 valence electrons. The van der Waals surface area contributed by atoms with Crippen LogP contribution in [0, 0.1) is 11.6 Å². The second-order valence-electron chi connectivity index (χ2n) is 16.4. The molecule has 16 nitrogen and oxygen atoms in total. The average Bonchev–Trinajstić information content (AvgIpc) is 3.40. The normalized spacial score (nSPS) is 13.8. The van der Waals surface area contributed by atoms with E-state index in [9.17, 15) is 26.8 Å². The van der Waals surface area contributed by atoms with Crippen molar-refractivity contribution in [1.29, 1.82) is 0 Å². The molecule has 0 atom stereocenters. The predicted molar refractivity (Wildman–Crippen MR) is 272 cm³/mol. The van der Waals surface area contributed by atoms with E-state index < -0.39 is 33.3 Å². The molecular formula is C52H46F2N8O8S2. The zero-order valence-corrected chi connectivity index (χ0v) is 40.5. The summed E-state index contributed by atoms with van der Waals surface area (Å²) >= 11 is 1.43. The molecule has 0 bridgehead atoms. The van der Waals surface area contributed by atoms with Crippen molar-refractivity contribution >= 4 is 77.7 Å². The van der Waals surface area contributed by atoms with E-state index in [1.165, 1.54) is 48.3 Å².